The topological polar surface area (TPSA) is 61.8 Å². The van der Waals surface area contributed by atoms with Gasteiger partial charge in [0.2, 0.25) is 5.95 Å². The van der Waals surface area contributed by atoms with Crippen molar-refractivity contribution in [3.05, 3.63) is 70.2 Å². The van der Waals surface area contributed by atoms with Crippen LogP contribution in [0.1, 0.15) is 20.8 Å². The third-order valence-corrected chi connectivity index (χ3v) is 6.60. The maximum absolute atomic E-state index is 12.8. The summed E-state index contributed by atoms with van der Waals surface area (Å²) in [6.07, 6.45) is 3.58. The SMILES string of the molecule is O=C(c1cccs1)N1CCOc2ccc(CN3CCN(c4ncccn4)CC3)cc2C1. The maximum atomic E-state index is 12.8. The molecule has 160 valence electrons. The number of hydrogen-bond acceptors (Lipinski definition) is 7. The molecule has 2 aliphatic heterocycles. The van der Waals surface area contributed by atoms with E-state index in [1.165, 1.54) is 16.9 Å². The third kappa shape index (κ3) is 4.55. The van der Waals surface area contributed by atoms with Crippen LogP contribution in [0.5, 0.6) is 5.75 Å². The number of ether oxygens (including phenoxy) is 1. The summed E-state index contributed by atoms with van der Waals surface area (Å²) in [7, 11) is 0. The summed E-state index contributed by atoms with van der Waals surface area (Å²) in [6.45, 7) is 6.36. The molecular formula is C23H25N5O2S. The fraction of sp³-hybridized carbons (Fsp3) is 0.348. The molecular weight excluding hydrogens is 410 g/mol. The van der Waals surface area contributed by atoms with Crippen LogP contribution in [0.4, 0.5) is 5.95 Å². The Hall–Kier alpha value is -2.97. The molecule has 0 aliphatic carbocycles. The van der Waals surface area contributed by atoms with Gasteiger partial charge in [0.05, 0.1) is 11.4 Å². The molecule has 4 heterocycles. The Labute approximate surface area is 185 Å². The molecule has 7 nitrogen and oxygen atoms in total. The molecule has 1 saturated heterocycles. The first-order chi connectivity index (χ1) is 15.3. The Bertz CT molecular complexity index is 1020. The second-order valence-electron chi connectivity index (χ2n) is 7.81. The average molecular weight is 436 g/mol. The van der Waals surface area contributed by atoms with Gasteiger partial charge in [0.1, 0.15) is 12.4 Å². The molecule has 1 amide bonds. The minimum atomic E-state index is 0.0797. The van der Waals surface area contributed by atoms with Gasteiger partial charge in [0.15, 0.2) is 0 Å². The molecule has 3 aromatic rings. The fourth-order valence-electron chi connectivity index (χ4n) is 4.09. The van der Waals surface area contributed by atoms with Crippen molar-refractivity contribution in [2.24, 2.45) is 0 Å². The van der Waals surface area contributed by atoms with E-state index >= 15 is 0 Å². The van der Waals surface area contributed by atoms with Gasteiger partial charge in [0.25, 0.3) is 5.91 Å². The second-order valence-corrected chi connectivity index (χ2v) is 8.75. The number of anilines is 1. The molecule has 0 spiro atoms. The highest BCUT2D eigenvalue weighted by molar-refractivity contribution is 7.12. The van der Waals surface area contributed by atoms with Crippen LogP contribution in [0.2, 0.25) is 0 Å². The Morgan fingerprint density at radius 3 is 2.65 bits per heavy atom. The van der Waals surface area contributed by atoms with Crippen LogP contribution in [0.25, 0.3) is 0 Å². The van der Waals surface area contributed by atoms with Crippen LogP contribution in [0, 0.1) is 0 Å². The largest absolute Gasteiger partial charge is 0.491 e. The number of thiophene rings is 1. The van der Waals surface area contributed by atoms with E-state index in [9.17, 15) is 4.79 Å². The normalized spacial score (nSPS) is 17.0. The lowest BCUT2D eigenvalue weighted by atomic mass is 10.1. The predicted molar refractivity (Wildman–Crippen MR) is 121 cm³/mol. The van der Waals surface area contributed by atoms with Gasteiger partial charge in [-0.1, -0.05) is 12.1 Å². The number of rotatable bonds is 4. The van der Waals surface area contributed by atoms with Crippen molar-refractivity contribution in [1.29, 1.82) is 0 Å². The van der Waals surface area contributed by atoms with Crippen molar-refractivity contribution in [3.63, 3.8) is 0 Å². The molecule has 2 aliphatic rings. The summed E-state index contributed by atoms with van der Waals surface area (Å²) in [5.74, 6) is 1.77. The number of piperazine rings is 1. The van der Waals surface area contributed by atoms with Crippen molar-refractivity contribution in [3.8, 4) is 5.75 Å². The second kappa shape index (κ2) is 9.03. The van der Waals surface area contributed by atoms with Crippen LogP contribution in [-0.4, -0.2) is 65.0 Å². The number of aromatic nitrogens is 2. The van der Waals surface area contributed by atoms with Crippen LogP contribution >= 0.6 is 11.3 Å². The van der Waals surface area contributed by atoms with Crippen molar-refractivity contribution < 1.29 is 9.53 Å². The first-order valence-corrected chi connectivity index (χ1v) is 11.5. The lowest BCUT2D eigenvalue weighted by Gasteiger charge is -2.34. The van der Waals surface area contributed by atoms with Crippen LogP contribution < -0.4 is 9.64 Å². The molecule has 2 aromatic heterocycles. The zero-order chi connectivity index (χ0) is 21.0. The van der Waals surface area contributed by atoms with Crippen molar-refractivity contribution in [1.82, 2.24) is 19.8 Å². The summed E-state index contributed by atoms with van der Waals surface area (Å²) in [4.78, 5) is 28.9. The lowest BCUT2D eigenvalue weighted by Crippen LogP contribution is -2.46. The van der Waals surface area contributed by atoms with Gasteiger partial charge in [0, 0.05) is 57.2 Å². The highest BCUT2D eigenvalue weighted by Crippen LogP contribution is 2.26. The Balaban J connectivity index is 1.24. The van der Waals surface area contributed by atoms with E-state index in [1.54, 1.807) is 12.4 Å². The van der Waals surface area contributed by atoms with Gasteiger partial charge in [-0.15, -0.1) is 11.3 Å². The zero-order valence-electron chi connectivity index (χ0n) is 17.3. The van der Waals surface area contributed by atoms with Gasteiger partial charge >= 0.3 is 0 Å². The minimum absolute atomic E-state index is 0.0797. The Morgan fingerprint density at radius 1 is 1.03 bits per heavy atom. The van der Waals surface area contributed by atoms with Crippen molar-refractivity contribution in [2.45, 2.75) is 13.1 Å². The van der Waals surface area contributed by atoms with Gasteiger partial charge in [-0.2, -0.15) is 0 Å². The van der Waals surface area contributed by atoms with E-state index in [0.717, 1.165) is 54.9 Å². The summed E-state index contributed by atoms with van der Waals surface area (Å²) >= 11 is 1.49. The number of nitrogens with zero attached hydrogens (tertiary/aromatic N) is 5. The van der Waals surface area contributed by atoms with Gasteiger partial charge in [-0.05, 0) is 35.2 Å². The quantitative estimate of drug-likeness (QED) is 0.628. The van der Waals surface area contributed by atoms with E-state index in [-0.39, 0.29) is 5.91 Å². The lowest BCUT2D eigenvalue weighted by molar-refractivity contribution is 0.0738. The standard InChI is InChI=1S/C23H25N5O2S/c29-22(21-3-1-14-31-21)28-12-13-30-20-5-4-18(15-19(20)17-28)16-26-8-10-27(11-9-26)23-24-6-2-7-25-23/h1-7,14-15H,8-13,16-17H2. The summed E-state index contributed by atoms with van der Waals surface area (Å²) in [6, 6.07) is 12.0. The smallest absolute Gasteiger partial charge is 0.264 e. The van der Waals surface area contributed by atoms with Crippen LogP contribution in [-0.2, 0) is 13.1 Å². The van der Waals surface area contributed by atoms with E-state index in [4.69, 9.17) is 4.74 Å². The molecule has 8 heteroatoms. The molecule has 1 aromatic carbocycles. The zero-order valence-corrected chi connectivity index (χ0v) is 18.1. The Kier molecular flexibility index (Phi) is 5.82. The average Bonchev–Trinajstić information content (AvgIpc) is 3.27. The number of carbonyl (C=O) groups is 1. The number of hydrogen-bond donors (Lipinski definition) is 0. The first-order valence-electron chi connectivity index (χ1n) is 10.6. The predicted octanol–water partition coefficient (Wildman–Crippen LogP) is 2.90. The molecule has 1 fully saturated rings. The van der Waals surface area contributed by atoms with Gasteiger partial charge in [-0.3, -0.25) is 9.69 Å². The van der Waals surface area contributed by atoms with E-state index < -0.39 is 0 Å². The molecule has 5 rings (SSSR count). The minimum Gasteiger partial charge on any atom is -0.491 e. The van der Waals surface area contributed by atoms with E-state index in [0.29, 0.717) is 19.7 Å². The Morgan fingerprint density at radius 2 is 1.87 bits per heavy atom. The molecule has 31 heavy (non-hydrogen) atoms. The van der Waals surface area contributed by atoms with Gasteiger partial charge < -0.3 is 14.5 Å². The maximum Gasteiger partial charge on any atom is 0.264 e. The third-order valence-electron chi connectivity index (χ3n) is 5.74. The fourth-order valence-corrected chi connectivity index (χ4v) is 4.78. The number of benzene rings is 1. The summed E-state index contributed by atoms with van der Waals surface area (Å²) < 4.78 is 5.93. The number of fused-ring (bicyclic) bond motifs is 1. The number of carbonyl (C=O) groups excluding carboxylic acids is 1. The van der Waals surface area contributed by atoms with Crippen molar-refractivity contribution >= 4 is 23.2 Å². The molecule has 0 bridgehead atoms. The summed E-state index contributed by atoms with van der Waals surface area (Å²) in [5, 5.41) is 1.94. The molecule has 0 N–H and O–H groups in total. The first kappa shape index (κ1) is 20.0. The van der Waals surface area contributed by atoms with Gasteiger partial charge in [-0.25, -0.2) is 9.97 Å². The molecule has 0 atom stereocenters. The van der Waals surface area contributed by atoms with Crippen LogP contribution in [0.15, 0.2) is 54.2 Å². The van der Waals surface area contributed by atoms with Crippen LogP contribution in [0.3, 0.4) is 0 Å². The van der Waals surface area contributed by atoms with E-state index in [1.807, 2.05) is 28.5 Å². The van der Waals surface area contributed by atoms with Crippen molar-refractivity contribution in [2.75, 3.05) is 44.2 Å². The highest BCUT2D eigenvalue weighted by atomic mass is 32.1. The molecule has 0 saturated carbocycles. The van der Waals surface area contributed by atoms with E-state index in [2.05, 4.69) is 38.0 Å². The highest BCUT2D eigenvalue weighted by Gasteiger charge is 2.23. The molecule has 0 radical (unpaired) electrons. The monoisotopic (exact) mass is 435 g/mol. The summed E-state index contributed by atoms with van der Waals surface area (Å²) in [5.41, 5.74) is 2.33. The molecule has 0 unspecified atom stereocenters. The number of amides is 1.